The third-order valence-electron chi connectivity index (χ3n) is 5.74. The van der Waals surface area contributed by atoms with E-state index in [1.54, 1.807) is 0 Å². The summed E-state index contributed by atoms with van der Waals surface area (Å²) in [6.45, 7) is 1.02. The van der Waals surface area contributed by atoms with E-state index in [0.29, 0.717) is 0 Å². The minimum atomic E-state index is -1.67. The third kappa shape index (κ3) is 7.21. The summed E-state index contributed by atoms with van der Waals surface area (Å²) in [4.78, 5) is 0. The molecular weight excluding hydrogens is 432 g/mol. The summed E-state index contributed by atoms with van der Waals surface area (Å²) in [5, 5.41) is 70.0. The lowest BCUT2D eigenvalue weighted by Gasteiger charge is -2.46. The van der Waals surface area contributed by atoms with Crippen LogP contribution in [0.15, 0.2) is 0 Å². The molecule has 184 valence electrons. The Balaban J connectivity index is 1.90. The van der Waals surface area contributed by atoms with Crippen LogP contribution < -0.4 is 0 Å². The predicted octanol–water partition coefficient (Wildman–Crippen LogP) is -1.30. The van der Waals surface area contributed by atoms with Crippen molar-refractivity contribution in [3.05, 3.63) is 0 Å². The first-order valence-electron chi connectivity index (χ1n) is 11.1. The third-order valence-corrected chi connectivity index (χ3v) is 6.98. The van der Waals surface area contributed by atoms with Gasteiger partial charge < -0.3 is 50.0 Å². The number of hydrogen-bond acceptors (Lipinski definition) is 11. The van der Waals surface area contributed by atoms with Crippen LogP contribution in [-0.2, 0) is 14.2 Å². The molecule has 0 aromatic carbocycles. The molecular formula is C20H38O10S. The number of aliphatic hydroxyl groups excluding tert-OH is 7. The molecule has 11 heteroatoms. The Morgan fingerprint density at radius 3 is 2.00 bits per heavy atom. The maximum absolute atomic E-state index is 10.6. The maximum atomic E-state index is 10.6. The summed E-state index contributed by atoms with van der Waals surface area (Å²) >= 11 is 1.36. The van der Waals surface area contributed by atoms with Crippen molar-refractivity contribution in [1.29, 1.82) is 0 Å². The van der Waals surface area contributed by atoms with E-state index in [1.165, 1.54) is 31.0 Å². The first-order valence-corrected chi connectivity index (χ1v) is 12.1. The van der Waals surface area contributed by atoms with Crippen molar-refractivity contribution in [3.63, 3.8) is 0 Å². The van der Waals surface area contributed by atoms with Crippen molar-refractivity contribution in [2.45, 2.75) is 106 Å². The molecule has 0 amide bonds. The number of unbranched alkanes of at least 4 members (excludes halogenated alkanes) is 5. The van der Waals surface area contributed by atoms with Crippen LogP contribution >= 0.6 is 11.8 Å². The van der Waals surface area contributed by atoms with Crippen LogP contribution in [0.4, 0.5) is 0 Å². The van der Waals surface area contributed by atoms with E-state index in [2.05, 4.69) is 6.92 Å². The Labute approximate surface area is 187 Å². The molecule has 2 rings (SSSR count). The molecule has 0 spiro atoms. The summed E-state index contributed by atoms with van der Waals surface area (Å²) in [7, 11) is 0. The van der Waals surface area contributed by atoms with Gasteiger partial charge in [0.1, 0.15) is 54.3 Å². The van der Waals surface area contributed by atoms with Crippen LogP contribution in [0.5, 0.6) is 0 Å². The van der Waals surface area contributed by atoms with E-state index in [0.717, 1.165) is 25.0 Å². The van der Waals surface area contributed by atoms with Crippen LogP contribution in [0.2, 0.25) is 0 Å². The Bertz CT molecular complexity index is 497. The second kappa shape index (κ2) is 13.6. The second-order valence-electron chi connectivity index (χ2n) is 8.14. The first-order chi connectivity index (χ1) is 14.8. The van der Waals surface area contributed by atoms with Crippen molar-refractivity contribution in [2.75, 3.05) is 19.0 Å². The van der Waals surface area contributed by atoms with E-state index in [4.69, 9.17) is 14.2 Å². The number of aliphatic hydroxyl groups is 7. The molecule has 0 aliphatic carbocycles. The number of ether oxygens (including phenoxy) is 3. The monoisotopic (exact) mass is 470 g/mol. The molecule has 10 nitrogen and oxygen atoms in total. The zero-order valence-corrected chi connectivity index (χ0v) is 18.7. The number of rotatable bonds is 12. The summed E-state index contributed by atoms with van der Waals surface area (Å²) in [5.74, 6) is 0.733. The Morgan fingerprint density at radius 2 is 1.35 bits per heavy atom. The fourth-order valence-corrected chi connectivity index (χ4v) is 4.96. The molecule has 0 aromatic heterocycles. The van der Waals surface area contributed by atoms with Crippen molar-refractivity contribution in [3.8, 4) is 0 Å². The van der Waals surface area contributed by atoms with E-state index in [9.17, 15) is 35.7 Å². The molecule has 7 N–H and O–H groups in total. The van der Waals surface area contributed by atoms with Crippen molar-refractivity contribution < 1.29 is 50.0 Å². The van der Waals surface area contributed by atoms with Crippen LogP contribution in [0.25, 0.3) is 0 Å². The molecule has 2 saturated heterocycles. The van der Waals surface area contributed by atoms with Gasteiger partial charge >= 0.3 is 0 Å². The first kappa shape index (κ1) is 27.2. The van der Waals surface area contributed by atoms with Gasteiger partial charge in [-0.1, -0.05) is 39.0 Å². The predicted molar refractivity (Wildman–Crippen MR) is 112 cm³/mol. The summed E-state index contributed by atoms with van der Waals surface area (Å²) in [5.41, 5.74) is -0.752. The average Bonchev–Trinajstić information content (AvgIpc) is 2.77. The van der Waals surface area contributed by atoms with Gasteiger partial charge in [0.15, 0.2) is 6.29 Å². The minimum absolute atomic E-state index is 0.514. The molecule has 2 aliphatic rings. The van der Waals surface area contributed by atoms with Gasteiger partial charge in [-0.05, 0) is 12.2 Å². The highest BCUT2D eigenvalue weighted by molar-refractivity contribution is 7.99. The van der Waals surface area contributed by atoms with Gasteiger partial charge in [0, 0.05) is 0 Å². The zero-order chi connectivity index (χ0) is 23.0. The molecule has 0 bridgehead atoms. The second-order valence-corrected chi connectivity index (χ2v) is 9.35. The average molecular weight is 471 g/mol. The topological polar surface area (TPSA) is 169 Å². The molecule has 10 atom stereocenters. The summed E-state index contributed by atoms with van der Waals surface area (Å²) in [6.07, 6.45) is -5.77. The molecule has 2 heterocycles. The van der Waals surface area contributed by atoms with Crippen LogP contribution in [0.1, 0.15) is 45.4 Å². The van der Waals surface area contributed by atoms with Gasteiger partial charge in [0.2, 0.25) is 0 Å². The Hall–Kier alpha value is -0.0500. The highest BCUT2D eigenvalue weighted by atomic mass is 32.2. The van der Waals surface area contributed by atoms with E-state index < -0.39 is 73.8 Å². The smallest absolute Gasteiger partial charge is 0.187 e. The summed E-state index contributed by atoms with van der Waals surface area (Å²) < 4.78 is 16.6. The molecule has 0 unspecified atom stereocenters. The molecule has 0 aromatic rings. The quantitative estimate of drug-likeness (QED) is 0.169. The van der Waals surface area contributed by atoms with Crippen LogP contribution in [0, 0.1) is 0 Å². The standard InChI is InChI=1S/C20H38O10S/c1-2-3-4-5-6-7-8-31-20-17(27)15(25)18(12(10-22)29-20)30-19-16(26)14(24)13(23)11(9-21)28-19/h11-27H,2-10H2,1H3/t11-,12-,13-,14+,15-,16-,17-,18-,19-,20-/m1/s1. The molecule has 2 fully saturated rings. The SMILES string of the molecule is CCCCCCCCS[C@H]1O[C@H](CO)[C@@H](O[C@H]2O[C@H](CO)[C@@H](O)[C@H](O)[C@H]2O)[C@H](O)[C@H]1O. The molecule has 0 radical (unpaired) electrons. The van der Waals surface area contributed by atoms with Crippen molar-refractivity contribution in [2.24, 2.45) is 0 Å². The van der Waals surface area contributed by atoms with E-state index >= 15 is 0 Å². The van der Waals surface area contributed by atoms with Crippen molar-refractivity contribution >= 4 is 11.8 Å². The maximum Gasteiger partial charge on any atom is 0.187 e. The summed E-state index contributed by atoms with van der Waals surface area (Å²) in [6, 6.07) is 0. The van der Waals surface area contributed by atoms with Gasteiger partial charge in [-0.2, -0.15) is 0 Å². The van der Waals surface area contributed by atoms with Gasteiger partial charge in [-0.25, -0.2) is 0 Å². The van der Waals surface area contributed by atoms with Crippen LogP contribution in [0.3, 0.4) is 0 Å². The van der Waals surface area contributed by atoms with Gasteiger partial charge in [-0.15, -0.1) is 11.8 Å². The zero-order valence-electron chi connectivity index (χ0n) is 17.9. The van der Waals surface area contributed by atoms with Gasteiger partial charge in [0.25, 0.3) is 0 Å². The normalized spacial score (nSPS) is 41.4. The highest BCUT2D eigenvalue weighted by Gasteiger charge is 2.50. The minimum Gasteiger partial charge on any atom is -0.394 e. The fraction of sp³-hybridized carbons (Fsp3) is 1.00. The van der Waals surface area contributed by atoms with Gasteiger partial charge in [-0.3, -0.25) is 0 Å². The van der Waals surface area contributed by atoms with Crippen LogP contribution in [-0.4, -0.2) is 115 Å². The van der Waals surface area contributed by atoms with Crippen molar-refractivity contribution in [1.82, 2.24) is 0 Å². The number of hydrogen-bond donors (Lipinski definition) is 7. The van der Waals surface area contributed by atoms with E-state index in [-0.39, 0.29) is 0 Å². The molecule has 0 saturated carbocycles. The fourth-order valence-electron chi connectivity index (χ4n) is 3.77. The highest BCUT2D eigenvalue weighted by Crippen LogP contribution is 2.33. The molecule has 31 heavy (non-hydrogen) atoms. The largest absolute Gasteiger partial charge is 0.394 e. The Kier molecular flexibility index (Phi) is 11.9. The Morgan fingerprint density at radius 1 is 0.710 bits per heavy atom. The van der Waals surface area contributed by atoms with E-state index in [1.807, 2.05) is 0 Å². The molecule has 2 aliphatic heterocycles. The lowest BCUT2D eigenvalue weighted by Crippen LogP contribution is -2.64. The van der Waals surface area contributed by atoms with Gasteiger partial charge in [0.05, 0.1) is 13.2 Å². The lowest BCUT2D eigenvalue weighted by atomic mass is 9.97. The number of thioether (sulfide) groups is 1. The lowest BCUT2D eigenvalue weighted by molar-refractivity contribution is -0.338.